The third kappa shape index (κ3) is 4.15. The number of nitrogens with one attached hydrogen (secondary N) is 1. The van der Waals surface area contributed by atoms with Crippen LogP contribution in [0.2, 0.25) is 0 Å². The second-order valence-electron chi connectivity index (χ2n) is 7.74. The Morgan fingerprint density at radius 2 is 1.91 bits per heavy atom. The first kappa shape index (κ1) is 20.1. The third-order valence-corrected chi connectivity index (χ3v) is 5.25. The van der Waals surface area contributed by atoms with E-state index in [-0.39, 0.29) is 0 Å². The summed E-state index contributed by atoms with van der Waals surface area (Å²) >= 11 is 0. The van der Waals surface area contributed by atoms with Crippen LogP contribution in [0.15, 0.2) is 54.0 Å². The smallest absolute Gasteiger partial charge is 0.229 e. The Morgan fingerprint density at radius 1 is 1.03 bits per heavy atom. The minimum absolute atomic E-state index is 0.547. The fraction of sp³-hybridized carbons (Fsp3) is 0.261. The fourth-order valence-electron chi connectivity index (χ4n) is 3.56. The van der Waals surface area contributed by atoms with Crippen LogP contribution in [0, 0.1) is 13.8 Å². The highest BCUT2D eigenvalue weighted by atomic mass is 16.5. The summed E-state index contributed by atoms with van der Waals surface area (Å²) in [4.78, 5) is 20.8. The van der Waals surface area contributed by atoms with E-state index >= 15 is 0 Å². The first-order chi connectivity index (χ1) is 15.7. The number of morpholine rings is 1. The summed E-state index contributed by atoms with van der Waals surface area (Å²) in [5.74, 6) is 1.91. The molecule has 162 valence electrons. The van der Waals surface area contributed by atoms with Gasteiger partial charge in [-0.25, -0.2) is 9.97 Å². The molecule has 4 aromatic rings. The van der Waals surface area contributed by atoms with Gasteiger partial charge in [-0.3, -0.25) is 9.99 Å². The zero-order chi connectivity index (χ0) is 21.9. The number of benzene rings is 1. The number of aromatic nitrogens is 5. The lowest BCUT2D eigenvalue weighted by Crippen LogP contribution is -2.37. The molecule has 1 aliphatic heterocycles. The number of ether oxygens (including phenoxy) is 1. The Labute approximate surface area is 185 Å². The lowest BCUT2D eigenvalue weighted by Gasteiger charge is -2.27. The van der Waals surface area contributed by atoms with E-state index in [1.165, 1.54) is 5.56 Å². The van der Waals surface area contributed by atoms with Crippen LogP contribution in [0.25, 0.3) is 17.0 Å². The molecular formula is C23H24N8O. The molecule has 1 N–H and O–H groups in total. The highest BCUT2D eigenvalue weighted by molar-refractivity contribution is 5.86. The predicted octanol–water partition coefficient (Wildman–Crippen LogP) is 3.11. The molecule has 32 heavy (non-hydrogen) atoms. The quantitative estimate of drug-likeness (QED) is 0.386. The maximum absolute atomic E-state index is 5.49. The molecule has 1 fully saturated rings. The number of aryl methyl sites for hydroxylation is 2. The summed E-state index contributed by atoms with van der Waals surface area (Å²) in [5, 5.41) is 4.41. The van der Waals surface area contributed by atoms with E-state index in [1.54, 1.807) is 12.5 Å². The van der Waals surface area contributed by atoms with Gasteiger partial charge < -0.3 is 9.64 Å². The molecule has 0 atom stereocenters. The number of rotatable bonds is 5. The number of hydrogen-bond donors (Lipinski definition) is 1. The number of imidazole rings is 1. The predicted molar refractivity (Wildman–Crippen MR) is 125 cm³/mol. The molecule has 9 heteroatoms. The van der Waals surface area contributed by atoms with Gasteiger partial charge in [-0.15, -0.1) is 0 Å². The van der Waals surface area contributed by atoms with Crippen LogP contribution in [-0.2, 0) is 4.74 Å². The lowest BCUT2D eigenvalue weighted by atomic mass is 10.2. The van der Waals surface area contributed by atoms with Gasteiger partial charge in [0.1, 0.15) is 12.1 Å². The van der Waals surface area contributed by atoms with E-state index in [1.807, 2.05) is 42.0 Å². The number of pyridine rings is 1. The zero-order valence-corrected chi connectivity index (χ0v) is 18.1. The van der Waals surface area contributed by atoms with Crippen molar-refractivity contribution in [3.05, 3.63) is 65.6 Å². The Balaban J connectivity index is 1.55. The SMILES string of the molecule is Cc1ccc(-n2cnc3c(N/N=C/c4cccc(C)c4)nc(N4CCOCC4)nc32)nc1. The van der Waals surface area contributed by atoms with Gasteiger partial charge in [0.25, 0.3) is 0 Å². The van der Waals surface area contributed by atoms with Crippen molar-refractivity contribution >= 4 is 29.1 Å². The molecule has 0 saturated carbocycles. The second kappa shape index (κ2) is 8.72. The van der Waals surface area contributed by atoms with Crippen molar-refractivity contribution in [2.75, 3.05) is 36.6 Å². The monoisotopic (exact) mass is 428 g/mol. The summed E-state index contributed by atoms with van der Waals surface area (Å²) in [5.41, 5.74) is 7.65. The van der Waals surface area contributed by atoms with E-state index in [4.69, 9.17) is 14.7 Å². The highest BCUT2D eigenvalue weighted by Gasteiger charge is 2.20. The third-order valence-electron chi connectivity index (χ3n) is 5.25. The molecule has 5 rings (SSSR count). The maximum atomic E-state index is 5.49. The topological polar surface area (TPSA) is 93.4 Å². The van der Waals surface area contributed by atoms with E-state index in [2.05, 4.69) is 44.5 Å². The van der Waals surface area contributed by atoms with Gasteiger partial charge in [-0.05, 0) is 31.0 Å². The summed E-state index contributed by atoms with van der Waals surface area (Å²) in [6, 6.07) is 12.1. The lowest BCUT2D eigenvalue weighted by molar-refractivity contribution is 0.122. The molecule has 3 aromatic heterocycles. The molecule has 1 aliphatic rings. The zero-order valence-electron chi connectivity index (χ0n) is 18.1. The first-order valence-corrected chi connectivity index (χ1v) is 10.5. The molecule has 9 nitrogen and oxygen atoms in total. The molecule has 0 unspecified atom stereocenters. The average molecular weight is 429 g/mol. The van der Waals surface area contributed by atoms with Crippen molar-refractivity contribution in [2.24, 2.45) is 5.10 Å². The molecule has 1 saturated heterocycles. The van der Waals surface area contributed by atoms with Crippen LogP contribution in [0.3, 0.4) is 0 Å². The van der Waals surface area contributed by atoms with E-state index in [0.29, 0.717) is 36.1 Å². The van der Waals surface area contributed by atoms with Crippen molar-refractivity contribution in [1.29, 1.82) is 0 Å². The van der Waals surface area contributed by atoms with Gasteiger partial charge in [0.15, 0.2) is 17.0 Å². The van der Waals surface area contributed by atoms with Crippen molar-refractivity contribution in [3.63, 3.8) is 0 Å². The normalized spacial score (nSPS) is 14.4. The number of fused-ring (bicyclic) bond motifs is 1. The summed E-state index contributed by atoms with van der Waals surface area (Å²) in [6.45, 7) is 6.82. The number of nitrogens with zero attached hydrogens (tertiary/aromatic N) is 7. The maximum Gasteiger partial charge on any atom is 0.229 e. The van der Waals surface area contributed by atoms with Crippen LogP contribution >= 0.6 is 0 Å². The standard InChI is InChI=1S/C23H24N8O/c1-16-4-3-5-18(12-16)14-26-29-21-20-22(28-23(27-21)30-8-10-32-11-9-30)31(15-25-20)19-7-6-17(2)13-24-19/h3-7,12-15H,8-11H2,1-2H3,(H,27,28,29)/b26-14+. The Kier molecular flexibility index (Phi) is 5.47. The Morgan fingerprint density at radius 3 is 2.69 bits per heavy atom. The van der Waals surface area contributed by atoms with Crippen LogP contribution in [0.4, 0.5) is 11.8 Å². The minimum atomic E-state index is 0.547. The molecular weight excluding hydrogens is 404 g/mol. The minimum Gasteiger partial charge on any atom is -0.378 e. The molecule has 0 aliphatic carbocycles. The van der Waals surface area contributed by atoms with E-state index < -0.39 is 0 Å². The Bertz CT molecular complexity index is 1260. The second-order valence-corrected chi connectivity index (χ2v) is 7.74. The fourth-order valence-corrected chi connectivity index (χ4v) is 3.56. The van der Waals surface area contributed by atoms with Gasteiger partial charge in [-0.2, -0.15) is 15.1 Å². The molecule has 0 spiro atoms. The van der Waals surface area contributed by atoms with Gasteiger partial charge in [0.2, 0.25) is 5.95 Å². The largest absolute Gasteiger partial charge is 0.378 e. The highest BCUT2D eigenvalue weighted by Crippen LogP contribution is 2.25. The van der Waals surface area contributed by atoms with Crippen molar-refractivity contribution in [3.8, 4) is 5.82 Å². The first-order valence-electron chi connectivity index (χ1n) is 10.5. The molecule has 0 bridgehead atoms. The summed E-state index contributed by atoms with van der Waals surface area (Å²) < 4.78 is 7.36. The molecule has 4 heterocycles. The van der Waals surface area contributed by atoms with Crippen molar-refractivity contribution in [2.45, 2.75) is 13.8 Å². The average Bonchev–Trinajstić information content (AvgIpc) is 3.24. The number of hydrazone groups is 1. The van der Waals surface area contributed by atoms with Gasteiger partial charge in [-0.1, -0.05) is 35.9 Å². The van der Waals surface area contributed by atoms with Gasteiger partial charge in [0, 0.05) is 19.3 Å². The van der Waals surface area contributed by atoms with Crippen LogP contribution in [0.5, 0.6) is 0 Å². The van der Waals surface area contributed by atoms with Gasteiger partial charge >= 0.3 is 0 Å². The molecule has 0 amide bonds. The molecule has 1 aromatic carbocycles. The van der Waals surface area contributed by atoms with Crippen molar-refractivity contribution in [1.82, 2.24) is 24.5 Å². The summed E-state index contributed by atoms with van der Waals surface area (Å²) in [7, 11) is 0. The number of anilines is 2. The molecule has 0 radical (unpaired) electrons. The number of hydrogen-bond acceptors (Lipinski definition) is 8. The Hall–Kier alpha value is -3.85. The van der Waals surface area contributed by atoms with Crippen LogP contribution in [0.1, 0.15) is 16.7 Å². The van der Waals surface area contributed by atoms with Crippen LogP contribution in [-0.4, -0.2) is 57.0 Å². The van der Waals surface area contributed by atoms with Crippen LogP contribution < -0.4 is 10.3 Å². The van der Waals surface area contributed by atoms with Crippen molar-refractivity contribution < 1.29 is 4.74 Å². The van der Waals surface area contributed by atoms with E-state index in [0.717, 1.165) is 30.0 Å². The summed E-state index contributed by atoms with van der Waals surface area (Å²) in [6.07, 6.45) is 5.32. The van der Waals surface area contributed by atoms with E-state index in [9.17, 15) is 0 Å². The van der Waals surface area contributed by atoms with Gasteiger partial charge in [0.05, 0.1) is 19.4 Å².